The van der Waals surface area contributed by atoms with Crippen LogP contribution >= 0.6 is 0 Å². The molecule has 0 bridgehead atoms. The van der Waals surface area contributed by atoms with E-state index in [1.165, 1.54) is 26.4 Å². The Morgan fingerprint density at radius 2 is 1.29 bits per heavy atom. The summed E-state index contributed by atoms with van der Waals surface area (Å²) in [6.07, 6.45) is -2.65. The van der Waals surface area contributed by atoms with Gasteiger partial charge in [-0.1, -0.05) is 24.3 Å². The van der Waals surface area contributed by atoms with E-state index in [0.717, 1.165) is 17.7 Å². The van der Waals surface area contributed by atoms with Gasteiger partial charge in [0.25, 0.3) is 0 Å². The van der Waals surface area contributed by atoms with Gasteiger partial charge >= 0.3 is 18.1 Å². The molecule has 0 saturated carbocycles. The third kappa shape index (κ3) is 4.99. The van der Waals surface area contributed by atoms with Gasteiger partial charge in [-0.3, -0.25) is 0 Å². The maximum atomic E-state index is 12.9. The molecule has 9 heteroatoms. The normalized spacial score (nSPS) is 12.1. The zero-order chi connectivity index (χ0) is 20.9. The van der Waals surface area contributed by atoms with Crippen LogP contribution in [-0.2, 0) is 4.79 Å². The summed E-state index contributed by atoms with van der Waals surface area (Å²) in [7, 11) is 3.01. The zero-order valence-electron chi connectivity index (χ0n) is 14.7. The van der Waals surface area contributed by atoms with Gasteiger partial charge in [0, 0.05) is 6.07 Å². The number of methoxy groups -OCH3 is 2. The van der Waals surface area contributed by atoms with Crippen LogP contribution < -0.4 is 14.2 Å². The smallest absolute Gasteiger partial charge is 0.465 e. The molecule has 0 atom stereocenters. The number of alkyl halides is 5. The summed E-state index contributed by atoms with van der Waals surface area (Å²) < 4.78 is 76.6. The standard InChI is InChI=1S/C19H15F5O4/c1-26-15-9-13(10-16(11-15)27-2)4-3-12-5-7-14(8-6-12)28-17(25)18(20,21)19(22,23)24/h3-11H,1-2H3/b4-3+. The van der Waals surface area contributed by atoms with Gasteiger partial charge in [-0.2, -0.15) is 22.0 Å². The largest absolute Gasteiger partial charge is 0.497 e. The molecule has 2 rings (SSSR count). The minimum absolute atomic E-state index is 0.436. The van der Waals surface area contributed by atoms with Gasteiger partial charge in [0.05, 0.1) is 14.2 Å². The van der Waals surface area contributed by atoms with Crippen LogP contribution in [0.25, 0.3) is 12.2 Å². The number of carbonyl (C=O) groups excluding carboxylic acids is 1. The number of carbonyl (C=O) groups is 1. The van der Waals surface area contributed by atoms with Gasteiger partial charge < -0.3 is 14.2 Å². The lowest BCUT2D eigenvalue weighted by Gasteiger charge is -2.17. The predicted molar refractivity (Wildman–Crippen MR) is 91.6 cm³/mol. The fourth-order valence-electron chi connectivity index (χ4n) is 2.05. The SMILES string of the molecule is COc1cc(/C=C/c2ccc(OC(=O)C(F)(F)C(F)(F)F)cc2)cc(OC)c1. The molecule has 0 radical (unpaired) electrons. The number of benzene rings is 2. The van der Waals surface area contributed by atoms with Crippen molar-refractivity contribution < 1.29 is 41.0 Å². The minimum Gasteiger partial charge on any atom is -0.497 e. The molecule has 0 heterocycles. The number of ether oxygens (including phenoxy) is 3. The summed E-state index contributed by atoms with van der Waals surface area (Å²) in [5, 5.41) is 0. The summed E-state index contributed by atoms with van der Waals surface area (Å²) in [6.45, 7) is 0. The van der Waals surface area contributed by atoms with Crippen molar-refractivity contribution in [3.8, 4) is 17.2 Å². The summed E-state index contributed by atoms with van der Waals surface area (Å²) in [5.41, 5.74) is 1.33. The number of halogens is 5. The third-order valence-electron chi connectivity index (χ3n) is 3.55. The van der Waals surface area contributed by atoms with Crippen LogP contribution in [0.15, 0.2) is 42.5 Å². The average molecular weight is 402 g/mol. The second kappa shape index (κ2) is 8.28. The van der Waals surface area contributed by atoms with Crippen LogP contribution in [0.2, 0.25) is 0 Å². The molecule has 2 aromatic carbocycles. The van der Waals surface area contributed by atoms with Crippen LogP contribution in [0.5, 0.6) is 17.2 Å². The zero-order valence-corrected chi connectivity index (χ0v) is 14.7. The molecular formula is C19H15F5O4. The van der Waals surface area contributed by atoms with Crippen molar-refractivity contribution in [3.05, 3.63) is 53.6 Å². The molecule has 0 fully saturated rings. The molecule has 0 unspecified atom stereocenters. The lowest BCUT2D eigenvalue weighted by atomic mass is 10.1. The molecule has 0 aliphatic heterocycles. The van der Waals surface area contributed by atoms with Crippen LogP contribution in [0.4, 0.5) is 22.0 Å². The molecule has 0 aliphatic rings. The Kier molecular flexibility index (Phi) is 6.27. The highest BCUT2D eigenvalue weighted by Gasteiger charge is 2.65. The van der Waals surface area contributed by atoms with Crippen molar-refractivity contribution in [1.29, 1.82) is 0 Å². The van der Waals surface area contributed by atoms with E-state index in [9.17, 15) is 26.7 Å². The summed E-state index contributed by atoms with van der Waals surface area (Å²) in [4.78, 5) is 11.1. The second-order valence-electron chi connectivity index (χ2n) is 5.51. The first-order valence-electron chi connectivity index (χ1n) is 7.75. The van der Waals surface area contributed by atoms with E-state index in [2.05, 4.69) is 4.74 Å². The first-order valence-corrected chi connectivity index (χ1v) is 7.75. The second-order valence-corrected chi connectivity index (χ2v) is 5.51. The maximum Gasteiger partial charge on any atom is 0.465 e. The number of rotatable bonds is 6. The Morgan fingerprint density at radius 3 is 1.75 bits per heavy atom. The Balaban J connectivity index is 2.11. The van der Waals surface area contributed by atoms with E-state index in [0.29, 0.717) is 17.1 Å². The van der Waals surface area contributed by atoms with Crippen LogP contribution in [0, 0.1) is 0 Å². The Hall–Kier alpha value is -3.10. The average Bonchev–Trinajstić information content (AvgIpc) is 2.66. The quantitative estimate of drug-likeness (QED) is 0.296. The van der Waals surface area contributed by atoms with E-state index < -0.39 is 23.8 Å². The van der Waals surface area contributed by atoms with Crippen LogP contribution in [-0.4, -0.2) is 32.3 Å². The highest BCUT2D eigenvalue weighted by molar-refractivity contribution is 5.81. The van der Waals surface area contributed by atoms with Crippen molar-refractivity contribution >= 4 is 18.1 Å². The summed E-state index contributed by atoms with van der Waals surface area (Å²) in [5.74, 6) is -7.56. The van der Waals surface area contributed by atoms with Crippen molar-refractivity contribution in [1.82, 2.24) is 0 Å². The number of hydrogen-bond donors (Lipinski definition) is 0. The molecule has 0 aromatic heterocycles. The molecular weight excluding hydrogens is 387 g/mol. The molecule has 2 aromatic rings. The van der Waals surface area contributed by atoms with Crippen molar-refractivity contribution in [3.63, 3.8) is 0 Å². The topological polar surface area (TPSA) is 44.8 Å². The van der Waals surface area contributed by atoms with Crippen molar-refractivity contribution in [2.75, 3.05) is 14.2 Å². The van der Waals surface area contributed by atoms with E-state index in [-0.39, 0.29) is 0 Å². The van der Waals surface area contributed by atoms with E-state index >= 15 is 0 Å². The fraction of sp³-hybridized carbons (Fsp3) is 0.211. The lowest BCUT2D eigenvalue weighted by molar-refractivity contribution is -0.276. The highest BCUT2D eigenvalue weighted by atomic mass is 19.4. The number of hydrogen-bond acceptors (Lipinski definition) is 4. The van der Waals surface area contributed by atoms with Crippen LogP contribution in [0.1, 0.15) is 11.1 Å². The van der Waals surface area contributed by atoms with Gasteiger partial charge in [0.2, 0.25) is 0 Å². The van der Waals surface area contributed by atoms with Gasteiger partial charge in [-0.05, 0) is 35.4 Å². The highest BCUT2D eigenvalue weighted by Crippen LogP contribution is 2.36. The third-order valence-corrected chi connectivity index (χ3v) is 3.55. The Bertz CT molecular complexity index is 835. The fourth-order valence-corrected chi connectivity index (χ4v) is 2.05. The molecule has 0 saturated heterocycles. The molecule has 4 nitrogen and oxygen atoms in total. The summed E-state index contributed by atoms with van der Waals surface area (Å²) >= 11 is 0. The first kappa shape index (κ1) is 21.2. The Labute approximate surface area is 157 Å². The maximum absolute atomic E-state index is 12.9. The Morgan fingerprint density at radius 1 is 0.786 bits per heavy atom. The van der Waals surface area contributed by atoms with Crippen molar-refractivity contribution in [2.24, 2.45) is 0 Å². The van der Waals surface area contributed by atoms with E-state index in [1.807, 2.05) is 0 Å². The van der Waals surface area contributed by atoms with Gasteiger partial charge in [0.1, 0.15) is 17.2 Å². The number of esters is 1. The summed E-state index contributed by atoms with van der Waals surface area (Å²) in [6, 6.07) is 10.2. The monoisotopic (exact) mass is 402 g/mol. The van der Waals surface area contributed by atoms with Crippen molar-refractivity contribution in [2.45, 2.75) is 12.1 Å². The molecule has 0 spiro atoms. The van der Waals surface area contributed by atoms with E-state index in [1.54, 1.807) is 30.4 Å². The minimum atomic E-state index is -6.02. The molecule has 28 heavy (non-hydrogen) atoms. The van der Waals surface area contributed by atoms with Gasteiger partial charge in [-0.25, -0.2) is 4.79 Å². The van der Waals surface area contributed by atoms with E-state index in [4.69, 9.17) is 9.47 Å². The molecule has 0 aliphatic carbocycles. The predicted octanol–water partition coefficient (Wildman–Crippen LogP) is 4.98. The molecule has 0 N–H and O–H groups in total. The first-order chi connectivity index (χ1) is 13.1. The van der Waals surface area contributed by atoms with Gasteiger partial charge in [0.15, 0.2) is 0 Å². The van der Waals surface area contributed by atoms with Gasteiger partial charge in [-0.15, -0.1) is 0 Å². The lowest BCUT2D eigenvalue weighted by Crippen LogP contribution is -2.46. The molecule has 0 amide bonds. The molecule has 150 valence electrons. The van der Waals surface area contributed by atoms with Crippen LogP contribution in [0.3, 0.4) is 0 Å².